The van der Waals surface area contributed by atoms with Crippen LogP contribution < -0.4 is 9.62 Å². The Labute approximate surface area is 210 Å². The number of carbonyl (C=O) groups is 1. The molecule has 4 rings (SSSR count). The average molecular weight is 503 g/mol. The van der Waals surface area contributed by atoms with Crippen molar-refractivity contribution in [2.45, 2.75) is 16.7 Å². The number of nitrogens with one attached hydrogen (secondary N) is 1. The minimum Gasteiger partial charge on any atom is -0.321 e. The molecule has 7 heteroatoms. The fourth-order valence-corrected chi connectivity index (χ4v) is 5.68. The number of hydrogen-bond acceptors (Lipinski definition) is 4. The van der Waals surface area contributed by atoms with Gasteiger partial charge >= 0.3 is 0 Å². The van der Waals surface area contributed by atoms with Crippen molar-refractivity contribution in [3.63, 3.8) is 0 Å². The molecular weight excluding hydrogens is 476 g/mol. The van der Waals surface area contributed by atoms with Gasteiger partial charge in [0.1, 0.15) is 0 Å². The van der Waals surface area contributed by atoms with Crippen LogP contribution in [0.3, 0.4) is 0 Å². The predicted octanol–water partition coefficient (Wildman–Crippen LogP) is 6.54. The van der Waals surface area contributed by atoms with Gasteiger partial charge < -0.3 is 5.32 Å². The maximum atomic E-state index is 13.2. The van der Waals surface area contributed by atoms with Gasteiger partial charge in [0.05, 0.1) is 10.6 Å². The van der Waals surface area contributed by atoms with Gasteiger partial charge in [-0.05, 0) is 73.3 Å². The molecule has 0 radical (unpaired) electrons. The van der Waals surface area contributed by atoms with Crippen LogP contribution in [0.4, 0.5) is 11.4 Å². The minimum atomic E-state index is -3.72. The average Bonchev–Trinajstić information content (AvgIpc) is 2.90. The zero-order valence-electron chi connectivity index (χ0n) is 19.5. The number of amides is 1. The van der Waals surface area contributed by atoms with Crippen LogP contribution in [0.25, 0.3) is 11.1 Å². The van der Waals surface area contributed by atoms with Gasteiger partial charge in [0.25, 0.3) is 15.9 Å². The molecule has 35 heavy (non-hydrogen) atoms. The highest BCUT2D eigenvalue weighted by molar-refractivity contribution is 7.98. The number of sulfonamides is 1. The Bertz CT molecular complexity index is 1400. The highest BCUT2D eigenvalue weighted by Crippen LogP contribution is 2.29. The molecule has 0 aliphatic heterocycles. The molecule has 0 spiro atoms. The van der Waals surface area contributed by atoms with Gasteiger partial charge in [-0.2, -0.15) is 0 Å². The Hall–Kier alpha value is -3.55. The molecule has 0 saturated heterocycles. The number of hydrogen-bond donors (Lipinski definition) is 1. The number of rotatable bonds is 8. The lowest BCUT2D eigenvalue weighted by molar-refractivity contribution is 0.102. The summed E-state index contributed by atoms with van der Waals surface area (Å²) in [6.07, 6.45) is 1.94. The summed E-state index contributed by atoms with van der Waals surface area (Å²) in [6.45, 7) is 2.05. The van der Waals surface area contributed by atoms with Crippen molar-refractivity contribution >= 4 is 39.1 Å². The lowest BCUT2D eigenvalue weighted by Crippen LogP contribution is -2.30. The summed E-state index contributed by atoms with van der Waals surface area (Å²) >= 11 is 1.56. The Morgan fingerprint density at radius 3 is 2.09 bits per heavy atom. The zero-order chi connectivity index (χ0) is 24.8. The van der Waals surface area contributed by atoms with Crippen LogP contribution in [-0.2, 0) is 10.0 Å². The molecule has 1 amide bonds. The van der Waals surface area contributed by atoms with E-state index in [9.17, 15) is 13.2 Å². The van der Waals surface area contributed by atoms with E-state index in [2.05, 4.69) is 5.32 Å². The lowest BCUT2D eigenvalue weighted by atomic mass is 10.0. The molecule has 0 aromatic heterocycles. The van der Waals surface area contributed by atoms with E-state index in [4.69, 9.17) is 0 Å². The number of benzene rings is 4. The maximum absolute atomic E-state index is 13.2. The van der Waals surface area contributed by atoms with Crippen LogP contribution in [0.5, 0.6) is 0 Å². The molecule has 4 aromatic carbocycles. The summed E-state index contributed by atoms with van der Waals surface area (Å²) in [7, 11) is -3.72. The van der Waals surface area contributed by atoms with Crippen molar-refractivity contribution in [1.29, 1.82) is 0 Å². The molecule has 0 fully saturated rings. The topological polar surface area (TPSA) is 66.5 Å². The largest absolute Gasteiger partial charge is 0.321 e. The Kier molecular flexibility index (Phi) is 7.58. The van der Waals surface area contributed by atoms with Gasteiger partial charge in [0.15, 0.2) is 0 Å². The van der Waals surface area contributed by atoms with E-state index in [-0.39, 0.29) is 17.3 Å². The second-order valence-corrected chi connectivity index (χ2v) is 10.5. The number of nitrogens with zero attached hydrogens (tertiary/aromatic N) is 1. The number of para-hydroxylation sites is 1. The van der Waals surface area contributed by atoms with Gasteiger partial charge in [0, 0.05) is 28.3 Å². The summed E-state index contributed by atoms with van der Waals surface area (Å²) in [5.74, 6) is -0.265. The SMILES string of the molecule is CCN(c1ccc(C(=O)Nc2ccccc2-c2ccccc2)cc1)S(=O)(=O)c1ccc(SC)cc1. The van der Waals surface area contributed by atoms with Gasteiger partial charge in [-0.1, -0.05) is 48.5 Å². The molecule has 0 unspecified atom stereocenters. The molecule has 5 nitrogen and oxygen atoms in total. The molecule has 0 saturated carbocycles. The smallest absolute Gasteiger partial charge is 0.264 e. The maximum Gasteiger partial charge on any atom is 0.264 e. The third kappa shape index (κ3) is 5.42. The normalized spacial score (nSPS) is 11.1. The zero-order valence-corrected chi connectivity index (χ0v) is 21.1. The second kappa shape index (κ2) is 10.8. The van der Waals surface area contributed by atoms with E-state index in [1.807, 2.05) is 60.9 Å². The molecule has 0 aliphatic carbocycles. The van der Waals surface area contributed by atoms with Crippen molar-refractivity contribution in [1.82, 2.24) is 0 Å². The van der Waals surface area contributed by atoms with Crippen LogP contribution in [0.1, 0.15) is 17.3 Å². The lowest BCUT2D eigenvalue weighted by Gasteiger charge is -2.23. The van der Waals surface area contributed by atoms with Crippen molar-refractivity contribution < 1.29 is 13.2 Å². The van der Waals surface area contributed by atoms with Crippen LogP contribution in [0.15, 0.2) is 113 Å². The van der Waals surface area contributed by atoms with Crippen LogP contribution in [0, 0.1) is 0 Å². The van der Waals surface area contributed by atoms with Gasteiger partial charge in [0.2, 0.25) is 0 Å². The first kappa shape index (κ1) is 24.6. The number of thioether (sulfide) groups is 1. The molecular formula is C28H26N2O3S2. The molecule has 1 N–H and O–H groups in total. The van der Waals surface area contributed by atoms with Crippen LogP contribution in [-0.4, -0.2) is 27.1 Å². The number of anilines is 2. The van der Waals surface area contributed by atoms with E-state index in [1.165, 1.54) is 4.31 Å². The van der Waals surface area contributed by atoms with Crippen molar-refractivity contribution in [2.24, 2.45) is 0 Å². The summed E-state index contributed by atoms with van der Waals surface area (Å²) < 4.78 is 27.8. The fourth-order valence-electron chi connectivity index (χ4n) is 3.80. The Morgan fingerprint density at radius 2 is 1.46 bits per heavy atom. The molecule has 0 heterocycles. The van der Waals surface area contributed by atoms with Crippen LogP contribution in [0.2, 0.25) is 0 Å². The van der Waals surface area contributed by atoms with E-state index >= 15 is 0 Å². The molecule has 0 aliphatic rings. The van der Waals surface area contributed by atoms with Gasteiger partial charge in [-0.25, -0.2) is 8.42 Å². The summed E-state index contributed by atoms with van der Waals surface area (Å²) in [6, 6.07) is 30.9. The van der Waals surface area contributed by atoms with E-state index < -0.39 is 10.0 Å². The molecule has 0 atom stereocenters. The fraction of sp³-hybridized carbons (Fsp3) is 0.107. The van der Waals surface area contributed by atoms with E-state index in [0.717, 1.165) is 16.0 Å². The van der Waals surface area contributed by atoms with E-state index in [0.29, 0.717) is 16.9 Å². The second-order valence-electron chi connectivity index (χ2n) is 7.76. The standard InChI is InChI=1S/C28H26N2O3S2/c1-3-30(35(32,33)25-19-17-24(34-2)18-20-25)23-15-13-22(14-16-23)28(31)29-27-12-8-7-11-26(27)21-9-5-4-6-10-21/h4-20H,3H2,1-2H3,(H,29,31). The third-order valence-electron chi connectivity index (χ3n) is 5.61. The predicted molar refractivity (Wildman–Crippen MR) is 145 cm³/mol. The highest BCUT2D eigenvalue weighted by Gasteiger charge is 2.24. The number of carbonyl (C=O) groups excluding carboxylic acids is 1. The third-order valence-corrected chi connectivity index (χ3v) is 8.27. The van der Waals surface area contributed by atoms with E-state index in [1.54, 1.807) is 67.2 Å². The van der Waals surface area contributed by atoms with Gasteiger partial charge in [-0.15, -0.1) is 11.8 Å². The summed E-state index contributed by atoms with van der Waals surface area (Å²) in [4.78, 5) is 14.2. The quantitative estimate of drug-likeness (QED) is 0.278. The van der Waals surface area contributed by atoms with Gasteiger partial charge in [-0.3, -0.25) is 9.10 Å². The first-order chi connectivity index (χ1) is 16.9. The monoisotopic (exact) mass is 502 g/mol. The van der Waals surface area contributed by atoms with Crippen LogP contribution >= 0.6 is 11.8 Å². The first-order valence-corrected chi connectivity index (χ1v) is 13.8. The molecule has 0 bridgehead atoms. The highest BCUT2D eigenvalue weighted by atomic mass is 32.2. The Morgan fingerprint density at radius 1 is 0.829 bits per heavy atom. The van der Waals surface area contributed by atoms with Crippen molar-refractivity contribution in [3.8, 4) is 11.1 Å². The van der Waals surface area contributed by atoms with Crippen molar-refractivity contribution in [2.75, 3.05) is 22.4 Å². The first-order valence-electron chi connectivity index (χ1n) is 11.2. The summed E-state index contributed by atoms with van der Waals surface area (Å²) in [5, 5.41) is 2.98. The summed E-state index contributed by atoms with van der Waals surface area (Å²) in [5.41, 5.74) is 3.58. The minimum absolute atomic E-state index is 0.233. The van der Waals surface area contributed by atoms with Crippen molar-refractivity contribution in [3.05, 3.63) is 109 Å². The molecule has 4 aromatic rings. The Balaban J connectivity index is 1.55. The molecule has 178 valence electrons.